The van der Waals surface area contributed by atoms with Crippen molar-refractivity contribution < 1.29 is 18.7 Å². The molecule has 0 spiro atoms. The molecule has 32 heavy (non-hydrogen) atoms. The second kappa shape index (κ2) is 9.70. The molecule has 2 heterocycles. The van der Waals surface area contributed by atoms with E-state index in [2.05, 4.69) is 15.6 Å². The number of benzene rings is 2. The second-order valence-corrected chi connectivity index (χ2v) is 7.13. The third-order valence-electron chi connectivity index (χ3n) is 5.02. The van der Waals surface area contributed by atoms with E-state index in [0.717, 1.165) is 22.0 Å². The van der Waals surface area contributed by atoms with Crippen LogP contribution in [0.15, 0.2) is 83.2 Å². The number of aromatic amines is 1. The van der Waals surface area contributed by atoms with Crippen molar-refractivity contribution in [3.05, 3.63) is 95.7 Å². The van der Waals surface area contributed by atoms with Crippen molar-refractivity contribution in [2.24, 2.45) is 0 Å². The Morgan fingerprint density at radius 2 is 1.88 bits per heavy atom. The highest BCUT2D eigenvalue weighted by atomic mass is 16.5. The Hall–Kier alpha value is -4.26. The summed E-state index contributed by atoms with van der Waals surface area (Å²) >= 11 is 0. The van der Waals surface area contributed by atoms with Crippen LogP contribution in [0.1, 0.15) is 21.7 Å². The first-order chi connectivity index (χ1) is 15.6. The standard InChI is InChI=1S/C25H23N3O4/c1-31-19-10-8-17(9-11-19)15-22(28-25(30)23-7-4-14-32-23)24(29)26-13-12-18-16-27-21-6-3-2-5-20(18)21/h2-11,14-16,27H,12-13H2,1H3,(H,26,29)(H,28,30). The molecule has 0 bridgehead atoms. The predicted octanol–water partition coefficient (Wildman–Crippen LogP) is 3.90. The number of nitrogens with one attached hydrogen (secondary N) is 3. The summed E-state index contributed by atoms with van der Waals surface area (Å²) in [4.78, 5) is 28.6. The fourth-order valence-corrected chi connectivity index (χ4v) is 3.36. The molecule has 0 fully saturated rings. The number of fused-ring (bicyclic) bond motifs is 1. The number of aromatic nitrogens is 1. The van der Waals surface area contributed by atoms with Crippen LogP contribution in [-0.2, 0) is 11.2 Å². The van der Waals surface area contributed by atoms with Crippen LogP contribution >= 0.6 is 0 Å². The average Bonchev–Trinajstić information content (AvgIpc) is 3.50. The Morgan fingerprint density at radius 3 is 2.62 bits per heavy atom. The van der Waals surface area contributed by atoms with Crippen molar-refractivity contribution in [3.8, 4) is 5.75 Å². The monoisotopic (exact) mass is 429 g/mol. The van der Waals surface area contributed by atoms with Crippen LogP contribution in [0.3, 0.4) is 0 Å². The number of furan rings is 1. The van der Waals surface area contributed by atoms with Gasteiger partial charge in [0.25, 0.3) is 11.8 Å². The second-order valence-electron chi connectivity index (χ2n) is 7.13. The molecule has 0 saturated carbocycles. The highest BCUT2D eigenvalue weighted by molar-refractivity contribution is 6.04. The molecule has 0 aliphatic rings. The molecule has 0 atom stereocenters. The topological polar surface area (TPSA) is 96.4 Å². The molecule has 4 aromatic rings. The fourth-order valence-electron chi connectivity index (χ4n) is 3.36. The summed E-state index contributed by atoms with van der Waals surface area (Å²) in [7, 11) is 1.58. The van der Waals surface area contributed by atoms with Gasteiger partial charge >= 0.3 is 0 Å². The summed E-state index contributed by atoms with van der Waals surface area (Å²) in [6, 6.07) is 18.3. The van der Waals surface area contributed by atoms with Gasteiger partial charge in [0.2, 0.25) is 0 Å². The molecule has 0 aliphatic carbocycles. The van der Waals surface area contributed by atoms with E-state index in [1.54, 1.807) is 43.5 Å². The molecule has 162 valence electrons. The van der Waals surface area contributed by atoms with Gasteiger partial charge in [-0.25, -0.2) is 0 Å². The SMILES string of the molecule is COc1ccc(C=C(NC(=O)c2ccco2)C(=O)NCCc2c[nH]c3ccccc23)cc1. The third-order valence-corrected chi connectivity index (χ3v) is 5.02. The van der Waals surface area contributed by atoms with E-state index < -0.39 is 5.91 Å². The van der Waals surface area contributed by atoms with Crippen molar-refractivity contribution in [1.29, 1.82) is 0 Å². The Labute approximate surface area is 185 Å². The summed E-state index contributed by atoms with van der Waals surface area (Å²) in [6.45, 7) is 0.414. The first kappa shape index (κ1) is 21.0. The lowest BCUT2D eigenvalue weighted by atomic mass is 10.1. The first-order valence-corrected chi connectivity index (χ1v) is 10.2. The van der Waals surface area contributed by atoms with Crippen LogP contribution in [-0.4, -0.2) is 30.5 Å². The number of amides is 2. The molecule has 0 radical (unpaired) electrons. The zero-order valence-corrected chi connectivity index (χ0v) is 17.6. The summed E-state index contributed by atoms with van der Waals surface area (Å²) in [5.41, 5.74) is 3.03. The van der Waals surface area contributed by atoms with E-state index in [4.69, 9.17) is 9.15 Å². The van der Waals surface area contributed by atoms with Crippen molar-refractivity contribution in [2.75, 3.05) is 13.7 Å². The van der Waals surface area contributed by atoms with Gasteiger partial charge in [0.1, 0.15) is 11.4 Å². The number of carbonyl (C=O) groups excluding carboxylic acids is 2. The van der Waals surface area contributed by atoms with Crippen LogP contribution in [0.5, 0.6) is 5.75 Å². The van der Waals surface area contributed by atoms with Crippen LogP contribution in [0.2, 0.25) is 0 Å². The molecule has 2 aromatic heterocycles. The van der Waals surface area contributed by atoms with Gasteiger partial charge in [-0.15, -0.1) is 0 Å². The summed E-state index contributed by atoms with van der Waals surface area (Å²) in [6.07, 6.45) is 5.62. The van der Waals surface area contributed by atoms with Gasteiger partial charge in [-0.1, -0.05) is 30.3 Å². The van der Waals surface area contributed by atoms with Crippen LogP contribution in [0.25, 0.3) is 17.0 Å². The molecule has 0 unspecified atom stereocenters. The van der Waals surface area contributed by atoms with Crippen LogP contribution in [0.4, 0.5) is 0 Å². The number of hydrogen-bond acceptors (Lipinski definition) is 4. The fraction of sp³-hybridized carbons (Fsp3) is 0.120. The van der Waals surface area contributed by atoms with E-state index in [1.165, 1.54) is 12.3 Å². The van der Waals surface area contributed by atoms with E-state index in [-0.39, 0.29) is 17.4 Å². The van der Waals surface area contributed by atoms with Gasteiger partial charge in [-0.2, -0.15) is 0 Å². The number of rotatable bonds is 8. The van der Waals surface area contributed by atoms with Crippen molar-refractivity contribution in [1.82, 2.24) is 15.6 Å². The van der Waals surface area contributed by atoms with Crippen LogP contribution in [0, 0.1) is 0 Å². The molecule has 7 nitrogen and oxygen atoms in total. The smallest absolute Gasteiger partial charge is 0.291 e. The molecule has 0 aliphatic heterocycles. The van der Waals surface area contributed by atoms with Gasteiger partial charge in [0.05, 0.1) is 13.4 Å². The number of ether oxygens (including phenoxy) is 1. The Bertz CT molecular complexity index is 1240. The minimum atomic E-state index is -0.499. The predicted molar refractivity (Wildman–Crippen MR) is 122 cm³/mol. The van der Waals surface area contributed by atoms with E-state index >= 15 is 0 Å². The Balaban J connectivity index is 1.48. The lowest BCUT2D eigenvalue weighted by Gasteiger charge is -2.10. The van der Waals surface area contributed by atoms with Crippen LogP contribution < -0.4 is 15.4 Å². The minimum Gasteiger partial charge on any atom is -0.497 e. The molecule has 0 saturated heterocycles. The molecule has 3 N–H and O–H groups in total. The lowest BCUT2D eigenvalue weighted by molar-refractivity contribution is -0.117. The van der Waals surface area contributed by atoms with Gasteiger partial charge in [0.15, 0.2) is 5.76 Å². The van der Waals surface area contributed by atoms with E-state index in [9.17, 15) is 9.59 Å². The normalized spacial score (nSPS) is 11.3. The van der Waals surface area contributed by atoms with Crippen molar-refractivity contribution >= 4 is 28.8 Å². The Morgan fingerprint density at radius 1 is 1.06 bits per heavy atom. The molecule has 2 amide bonds. The number of hydrogen-bond donors (Lipinski definition) is 3. The average molecular weight is 429 g/mol. The molecule has 2 aromatic carbocycles. The zero-order valence-electron chi connectivity index (χ0n) is 17.6. The highest BCUT2D eigenvalue weighted by Gasteiger charge is 2.16. The van der Waals surface area contributed by atoms with Gasteiger partial charge in [-0.3, -0.25) is 9.59 Å². The highest BCUT2D eigenvalue weighted by Crippen LogP contribution is 2.18. The van der Waals surface area contributed by atoms with E-state index in [0.29, 0.717) is 18.7 Å². The molecular formula is C25H23N3O4. The molecule has 4 rings (SSSR count). The quantitative estimate of drug-likeness (QED) is 0.370. The maximum atomic E-state index is 12.9. The summed E-state index contributed by atoms with van der Waals surface area (Å²) < 4.78 is 10.3. The van der Waals surface area contributed by atoms with Crippen molar-refractivity contribution in [3.63, 3.8) is 0 Å². The third kappa shape index (κ3) is 4.89. The van der Waals surface area contributed by atoms with E-state index in [1.807, 2.05) is 30.5 Å². The van der Waals surface area contributed by atoms with Gasteiger partial charge < -0.3 is 24.8 Å². The van der Waals surface area contributed by atoms with Gasteiger partial charge in [-0.05, 0) is 54.0 Å². The number of carbonyl (C=O) groups is 2. The maximum Gasteiger partial charge on any atom is 0.291 e. The molecule has 7 heteroatoms. The summed E-state index contributed by atoms with van der Waals surface area (Å²) in [5, 5.41) is 6.66. The summed E-state index contributed by atoms with van der Waals surface area (Å²) in [5.74, 6) is -0.0640. The first-order valence-electron chi connectivity index (χ1n) is 10.2. The minimum absolute atomic E-state index is 0.121. The largest absolute Gasteiger partial charge is 0.497 e. The lowest BCUT2D eigenvalue weighted by Crippen LogP contribution is -2.35. The number of para-hydroxylation sites is 1. The van der Waals surface area contributed by atoms with Crippen molar-refractivity contribution in [2.45, 2.75) is 6.42 Å². The number of H-pyrrole nitrogens is 1. The Kier molecular flexibility index (Phi) is 6.36. The van der Waals surface area contributed by atoms with Gasteiger partial charge in [0, 0.05) is 23.6 Å². The maximum absolute atomic E-state index is 12.9. The molecular weight excluding hydrogens is 406 g/mol. The number of methoxy groups -OCH3 is 1. The zero-order chi connectivity index (χ0) is 22.3.